The molecule has 0 aromatic heterocycles. The highest BCUT2D eigenvalue weighted by Crippen LogP contribution is 2.09. The van der Waals surface area contributed by atoms with Gasteiger partial charge in [0.15, 0.2) is 0 Å². The maximum absolute atomic E-state index is 8.78. The molecule has 0 saturated heterocycles. The normalized spacial score (nSPS) is 19.5. The average molecular weight is 111 g/mol. The van der Waals surface area contributed by atoms with E-state index in [9.17, 15) is 0 Å². The molecule has 0 bridgehead atoms. The van der Waals surface area contributed by atoms with Crippen molar-refractivity contribution in [3.05, 3.63) is 23.6 Å². The zero-order valence-electron chi connectivity index (χ0n) is 4.59. The summed E-state index contributed by atoms with van der Waals surface area (Å²) >= 11 is 0. The summed E-state index contributed by atoms with van der Waals surface area (Å²) in [6, 6.07) is 0. The highest BCUT2D eigenvalue weighted by atomic mass is 16.3. The van der Waals surface area contributed by atoms with Gasteiger partial charge >= 0.3 is 0 Å². The van der Waals surface area contributed by atoms with Crippen molar-refractivity contribution in [2.75, 3.05) is 0 Å². The Morgan fingerprint density at radius 2 is 2.38 bits per heavy atom. The number of aliphatic hydroxyl groups is 1. The fraction of sp³-hybridized carbons (Fsp3) is 0.333. The van der Waals surface area contributed by atoms with Crippen LogP contribution in [-0.2, 0) is 0 Å². The molecule has 0 atom stereocenters. The summed E-state index contributed by atoms with van der Waals surface area (Å²) in [5, 5.41) is 8.78. The van der Waals surface area contributed by atoms with Gasteiger partial charge in [0.05, 0.1) is 0 Å². The van der Waals surface area contributed by atoms with Gasteiger partial charge in [0, 0.05) is 5.70 Å². The van der Waals surface area contributed by atoms with Crippen LogP contribution >= 0.6 is 0 Å². The number of aliphatic hydroxyl groups excluding tert-OH is 1. The summed E-state index contributed by atoms with van der Waals surface area (Å²) in [7, 11) is 0. The molecule has 2 nitrogen and oxygen atoms in total. The second-order valence-corrected chi connectivity index (χ2v) is 1.89. The molecule has 0 unspecified atom stereocenters. The molecular formula is C6H9NO. The molecule has 44 valence electrons. The Balaban J connectivity index is 2.69. The van der Waals surface area contributed by atoms with Crippen LogP contribution in [0.25, 0.3) is 0 Å². The van der Waals surface area contributed by atoms with Crippen molar-refractivity contribution in [3.8, 4) is 0 Å². The molecular weight excluding hydrogens is 102 g/mol. The summed E-state index contributed by atoms with van der Waals surface area (Å²) in [5.41, 5.74) is 6.15. The van der Waals surface area contributed by atoms with Gasteiger partial charge in [0.2, 0.25) is 0 Å². The third-order valence-electron chi connectivity index (χ3n) is 1.12. The first-order valence-corrected chi connectivity index (χ1v) is 2.64. The van der Waals surface area contributed by atoms with Crippen LogP contribution in [0.3, 0.4) is 0 Å². The molecule has 0 aromatic carbocycles. The zero-order chi connectivity index (χ0) is 5.98. The molecule has 0 fully saturated rings. The van der Waals surface area contributed by atoms with Gasteiger partial charge in [-0.25, -0.2) is 0 Å². The second-order valence-electron chi connectivity index (χ2n) is 1.89. The lowest BCUT2D eigenvalue weighted by Crippen LogP contribution is -2.00. The van der Waals surface area contributed by atoms with E-state index in [4.69, 9.17) is 10.8 Å². The highest BCUT2D eigenvalue weighted by molar-refractivity contribution is 5.19. The first-order chi connectivity index (χ1) is 3.79. The van der Waals surface area contributed by atoms with E-state index < -0.39 is 0 Å². The van der Waals surface area contributed by atoms with Gasteiger partial charge in [0.25, 0.3) is 0 Å². The molecule has 0 aliphatic heterocycles. The van der Waals surface area contributed by atoms with Crippen molar-refractivity contribution in [2.24, 2.45) is 5.73 Å². The lowest BCUT2D eigenvalue weighted by Gasteiger charge is -2.03. The Kier molecular flexibility index (Phi) is 1.24. The average Bonchev–Trinajstić information content (AvgIpc) is 1.64. The van der Waals surface area contributed by atoms with Crippen molar-refractivity contribution in [2.45, 2.75) is 12.8 Å². The molecule has 3 N–H and O–H groups in total. The van der Waals surface area contributed by atoms with E-state index in [0.29, 0.717) is 5.76 Å². The summed E-state index contributed by atoms with van der Waals surface area (Å²) in [6.45, 7) is 0. The smallest absolute Gasteiger partial charge is 0.113 e. The fourth-order valence-corrected chi connectivity index (χ4v) is 0.708. The van der Waals surface area contributed by atoms with Crippen LogP contribution in [-0.4, -0.2) is 5.11 Å². The first kappa shape index (κ1) is 5.22. The predicted molar refractivity (Wildman–Crippen MR) is 32.2 cm³/mol. The van der Waals surface area contributed by atoms with E-state index in [1.807, 2.05) is 0 Å². The van der Waals surface area contributed by atoms with Gasteiger partial charge in [-0.15, -0.1) is 0 Å². The zero-order valence-corrected chi connectivity index (χ0v) is 4.59. The third kappa shape index (κ3) is 1.03. The lowest BCUT2D eigenvalue weighted by molar-refractivity contribution is 0.425. The minimum Gasteiger partial charge on any atom is -0.508 e. The Morgan fingerprint density at radius 3 is 2.75 bits per heavy atom. The minimum absolute atomic E-state index is 0.300. The van der Waals surface area contributed by atoms with Gasteiger partial charge in [-0.3, -0.25) is 0 Å². The summed E-state index contributed by atoms with van der Waals surface area (Å²) in [4.78, 5) is 0. The molecule has 1 rings (SSSR count). The first-order valence-electron chi connectivity index (χ1n) is 2.64. The number of hydrogen-bond donors (Lipinski definition) is 2. The maximum Gasteiger partial charge on any atom is 0.113 e. The van der Waals surface area contributed by atoms with Gasteiger partial charge in [-0.2, -0.15) is 0 Å². The van der Waals surface area contributed by atoms with Crippen molar-refractivity contribution in [1.29, 1.82) is 0 Å². The number of allylic oxidation sites excluding steroid dienone is 3. The van der Waals surface area contributed by atoms with Crippen LogP contribution in [0.1, 0.15) is 12.8 Å². The lowest BCUT2D eigenvalue weighted by atomic mass is 10.1. The molecule has 0 heterocycles. The summed E-state index contributed by atoms with van der Waals surface area (Å²) in [5.74, 6) is 0.300. The van der Waals surface area contributed by atoms with Crippen LogP contribution in [0.15, 0.2) is 23.6 Å². The van der Waals surface area contributed by atoms with Gasteiger partial charge < -0.3 is 10.8 Å². The minimum atomic E-state index is 0.300. The Labute approximate surface area is 48.3 Å². The predicted octanol–water partition coefficient (Wildman–Crippen LogP) is 1.06. The van der Waals surface area contributed by atoms with Crippen molar-refractivity contribution >= 4 is 0 Å². The van der Waals surface area contributed by atoms with Gasteiger partial charge in [-0.05, 0) is 25.0 Å². The molecule has 1 aliphatic carbocycles. The van der Waals surface area contributed by atoms with E-state index in [1.165, 1.54) is 0 Å². The van der Waals surface area contributed by atoms with E-state index >= 15 is 0 Å². The highest BCUT2D eigenvalue weighted by Gasteiger charge is 1.97. The molecule has 0 amide bonds. The van der Waals surface area contributed by atoms with Crippen LogP contribution in [0.5, 0.6) is 0 Å². The largest absolute Gasteiger partial charge is 0.508 e. The van der Waals surface area contributed by atoms with E-state index in [1.54, 1.807) is 12.2 Å². The van der Waals surface area contributed by atoms with E-state index in [2.05, 4.69) is 0 Å². The third-order valence-corrected chi connectivity index (χ3v) is 1.12. The fourth-order valence-electron chi connectivity index (χ4n) is 0.708. The Hall–Kier alpha value is -0.920. The second kappa shape index (κ2) is 1.90. The number of hydrogen-bond acceptors (Lipinski definition) is 2. The summed E-state index contributed by atoms with van der Waals surface area (Å²) < 4.78 is 0. The maximum atomic E-state index is 8.78. The van der Waals surface area contributed by atoms with Crippen molar-refractivity contribution in [1.82, 2.24) is 0 Å². The summed E-state index contributed by atoms with van der Waals surface area (Å²) in [6.07, 6.45) is 5.10. The van der Waals surface area contributed by atoms with Crippen LogP contribution < -0.4 is 5.73 Å². The Bertz CT molecular complexity index is 147. The molecule has 2 heteroatoms. The Morgan fingerprint density at radius 1 is 1.62 bits per heavy atom. The van der Waals surface area contributed by atoms with Crippen LogP contribution in [0.4, 0.5) is 0 Å². The van der Waals surface area contributed by atoms with Crippen molar-refractivity contribution in [3.63, 3.8) is 0 Å². The van der Waals surface area contributed by atoms with Crippen molar-refractivity contribution < 1.29 is 5.11 Å². The molecule has 1 aliphatic rings. The van der Waals surface area contributed by atoms with E-state index in [-0.39, 0.29) is 0 Å². The standard InChI is InChI=1S/C6H9NO/c7-5-2-1-3-6(8)4-5/h3-4,8H,1-2,7H2. The molecule has 0 radical (unpaired) electrons. The quantitative estimate of drug-likeness (QED) is 0.491. The van der Waals surface area contributed by atoms with Gasteiger partial charge in [0.1, 0.15) is 5.76 Å². The monoisotopic (exact) mass is 111 g/mol. The van der Waals surface area contributed by atoms with Crippen LogP contribution in [0, 0.1) is 0 Å². The van der Waals surface area contributed by atoms with Gasteiger partial charge in [-0.1, -0.05) is 0 Å². The number of nitrogens with two attached hydrogens (primary N) is 1. The number of rotatable bonds is 0. The van der Waals surface area contributed by atoms with E-state index in [0.717, 1.165) is 18.5 Å². The topological polar surface area (TPSA) is 46.2 Å². The van der Waals surface area contributed by atoms with Crippen LogP contribution in [0.2, 0.25) is 0 Å². The molecule has 0 saturated carbocycles. The molecule has 0 spiro atoms. The molecule has 0 aromatic rings. The SMILES string of the molecule is NC1=CC(O)=CCC1. The molecule has 8 heavy (non-hydrogen) atoms.